The van der Waals surface area contributed by atoms with E-state index in [1.54, 1.807) is 0 Å². The minimum absolute atomic E-state index is 0.514. The van der Waals surface area contributed by atoms with Crippen molar-refractivity contribution in [1.82, 2.24) is 10.6 Å². The van der Waals surface area contributed by atoms with E-state index in [1.165, 1.54) is 37.7 Å². The molecular weight excluding hydrogens is 300 g/mol. The highest BCUT2D eigenvalue weighted by atomic mass is 16.5. The average molecular weight is 330 g/mol. The maximum atomic E-state index is 6.05. The highest BCUT2D eigenvalue weighted by molar-refractivity contribution is 5.33. The van der Waals surface area contributed by atoms with E-state index in [1.807, 2.05) is 0 Å². The number of morpholine rings is 1. The van der Waals surface area contributed by atoms with Crippen LogP contribution < -0.4 is 15.4 Å². The van der Waals surface area contributed by atoms with Crippen LogP contribution in [-0.4, -0.2) is 38.4 Å². The van der Waals surface area contributed by atoms with E-state index >= 15 is 0 Å². The van der Waals surface area contributed by atoms with Gasteiger partial charge in [0, 0.05) is 30.7 Å². The molecule has 2 N–H and O–H groups in total. The molecule has 0 amide bonds. The summed E-state index contributed by atoms with van der Waals surface area (Å²) in [6, 6.07) is 9.60. The fraction of sp³-hybridized carbons (Fsp3) is 0.700. The second-order valence-corrected chi connectivity index (χ2v) is 7.58. The van der Waals surface area contributed by atoms with E-state index in [4.69, 9.17) is 9.47 Å². The van der Waals surface area contributed by atoms with Gasteiger partial charge in [-0.05, 0) is 43.6 Å². The van der Waals surface area contributed by atoms with Gasteiger partial charge in [0.2, 0.25) is 0 Å². The molecule has 1 saturated heterocycles. The number of hydrogen-bond acceptors (Lipinski definition) is 4. The minimum Gasteiger partial charge on any atom is -0.493 e. The topological polar surface area (TPSA) is 42.5 Å². The van der Waals surface area contributed by atoms with Gasteiger partial charge in [-0.25, -0.2) is 0 Å². The van der Waals surface area contributed by atoms with Gasteiger partial charge in [0.25, 0.3) is 0 Å². The fourth-order valence-electron chi connectivity index (χ4n) is 4.11. The van der Waals surface area contributed by atoms with Crippen molar-refractivity contribution >= 4 is 0 Å². The second kappa shape index (κ2) is 7.85. The predicted octanol–water partition coefficient (Wildman–Crippen LogP) is 2.72. The third kappa shape index (κ3) is 4.11. The molecule has 4 nitrogen and oxygen atoms in total. The van der Waals surface area contributed by atoms with E-state index in [0.717, 1.165) is 44.6 Å². The van der Waals surface area contributed by atoms with Crippen LogP contribution >= 0.6 is 0 Å². The maximum absolute atomic E-state index is 6.05. The first-order valence-corrected chi connectivity index (χ1v) is 9.65. The van der Waals surface area contributed by atoms with Crippen molar-refractivity contribution in [3.63, 3.8) is 0 Å². The van der Waals surface area contributed by atoms with Crippen molar-refractivity contribution in [3.8, 4) is 5.75 Å². The standard InChI is InChI=1S/C20H30N2O2/c1-2-7-20(24-13-15-8-9-15)16(4-1)12-22-18-6-3-5-17(18)19-14-23-11-10-21-19/h1-2,4,7,15,17-19,21-22H,3,5-6,8-14H2. The first-order valence-electron chi connectivity index (χ1n) is 9.65. The third-order valence-corrected chi connectivity index (χ3v) is 5.74. The zero-order valence-electron chi connectivity index (χ0n) is 14.5. The van der Waals surface area contributed by atoms with Crippen LogP contribution in [0, 0.1) is 11.8 Å². The predicted molar refractivity (Wildman–Crippen MR) is 95.2 cm³/mol. The van der Waals surface area contributed by atoms with Gasteiger partial charge in [-0.3, -0.25) is 0 Å². The SMILES string of the molecule is c1ccc(OCC2CC2)c(CNC2CCCC2C2COCCN2)c1. The Morgan fingerprint density at radius 1 is 1.17 bits per heavy atom. The molecule has 0 spiro atoms. The monoisotopic (exact) mass is 330 g/mol. The Morgan fingerprint density at radius 2 is 2.08 bits per heavy atom. The van der Waals surface area contributed by atoms with Gasteiger partial charge < -0.3 is 20.1 Å². The van der Waals surface area contributed by atoms with Crippen molar-refractivity contribution in [2.45, 2.75) is 50.7 Å². The van der Waals surface area contributed by atoms with E-state index in [-0.39, 0.29) is 0 Å². The number of rotatable bonds is 7. The fourth-order valence-corrected chi connectivity index (χ4v) is 4.11. The molecular formula is C20H30N2O2. The lowest BCUT2D eigenvalue weighted by Gasteiger charge is -2.33. The molecule has 0 aromatic heterocycles. The molecule has 1 aliphatic heterocycles. The van der Waals surface area contributed by atoms with Crippen molar-refractivity contribution in [3.05, 3.63) is 29.8 Å². The molecule has 3 aliphatic rings. The Bertz CT molecular complexity index is 526. The molecule has 2 aliphatic carbocycles. The minimum atomic E-state index is 0.514. The molecule has 132 valence electrons. The van der Waals surface area contributed by atoms with E-state index in [9.17, 15) is 0 Å². The van der Waals surface area contributed by atoms with Gasteiger partial charge in [-0.1, -0.05) is 24.6 Å². The van der Waals surface area contributed by atoms with E-state index < -0.39 is 0 Å². The van der Waals surface area contributed by atoms with Gasteiger partial charge in [0.05, 0.1) is 19.8 Å². The van der Waals surface area contributed by atoms with E-state index in [2.05, 4.69) is 34.9 Å². The summed E-state index contributed by atoms with van der Waals surface area (Å²) in [7, 11) is 0. The quantitative estimate of drug-likeness (QED) is 0.807. The van der Waals surface area contributed by atoms with Crippen LogP contribution in [0.1, 0.15) is 37.7 Å². The number of hydrogen-bond donors (Lipinski definition) is 2. The van der Waals surface area contributed by atoms with Gasteiger partial charge >= 0.3 is 0 Å². The van der Waals surface area contributed by atoms with Gasteiger partial charge in [-0.15, -0.1) is 0 Å². The summed E-state index contributed by atoms with van der Waals surface area (Å²) >= 11 is 0. The van der Waals surface area contributed by atoms with Gasteiger partial charge in [0.15, 0.2) is 0 Å². The Kier molecular flexibility index (Phi) is 5.36. The molecule has 3 fully saturated rings. The van der Waals surface area contributed by atoms with Crippen LogP contribution in [0.15, 0.2) is 24.3 Å². The molecule has 3 unspecified atom stereocenters. The number of benzene rings is 1. The maximum Gasteiger partial charge on any atom is 0.123 e. The Hall–Kier alpha value is -1.10. The zero-order chi connectivity index (χ0) is 16.2. The molecule has 1 heterocycles. The molecule has 0 radical (unpaired) electrons. The van der Waals surface area contributed by atoms with Gasteiger partial charge in [-0.2, -0.15) is 0 Å². The summed E-state index contributed by atoms with van der Waals surface area (Å²) in [5.74, 6) is 2.54. The summed E-state index contributed by atoms with van der Waals surface area (Å²) in [4.78, 5) is 0. The molecule has 24 heavy (non-hydrogen) atoms. The van der Waals surface area contributed by atoms with Crippen molar-refractivity contribution in [1.29, 1.82) is 0 Å². The van der Waals surface area contributed by atoms with Crippen LogP contribution in [0.25, 0.3) is 0 Å². The molecule has 3 atom stereocenters. The Balaban J connectivity index is 1.33. The summed E-state index contributed by atoms with van der Waals surface area (Å²) in [6.07, 6.45) is 6.56. The smallest absolute Gasteiger partial charge is 0.123 e. The van der Waals surface area contributed by atoms with Gasteiger partial charge in [0.1, 0.15) is 5.75 Å². The highest BCUT2D eigenvalue weighted by Crippen LogP contribution is 2.32. The van der Waals surface area contributed by atoms with Crippen LogP contribution in [0.4, 0.5) is 0 Å². The second-order valence-electron chi connectivity index (χ2n) is 7.58. The van der Waals surface area contributed by atoms with Crippen molar-refractivity contribution < 1.29 is 9.47 Å². The summed E-state index contributed by atoms with van der Waals surface area (Å²) in [5, 5.41) is 7.46. The zero-order valence-corrected chi connectivity index (χ0v) is 14.5. The van der Waals surface area contributed by atoms with Crippen LogP contribution in [0.2, 0.25) is 0 Å². The number of ether oxygens (including phenoxy) is 2. The lowest BCUT2D eigenvalue weighted by Crippen LogP contribution is -2.50. The first-order chi connectivity index (χ1) is 11.9. The molecule has 0 bridgehead atoms. The van der Waals surface area contributed by atoms with Crippen LogP contribution in [0.3, 0.4) is 0 Å². The normalized spacial score (nSPS) is 30.4. The molecule has 1 aromatic rings. The third-order valence-electron chi connectivity index (χ3n) is 5.74. The highest BCUT2D eigenvalue weighted by Gasteiger charge is 2.34. The Labute approximate surface area is 145 Å². The van der Waals surface area contributed by atoms with E-state index in [0.29, 0.717) is 18.0 Å². The largest absolute Gasteiger partial charge is 0.493 e. The lowest BCUT2D eigenvalue weighted by molar-refractivity contribution is 0.0524. The molecule has 4 heteroatoms. The summed E-state index contributed by atoms with van der Waals surface area (Å²) in [5.41, 5.74) is 1.29. The summed E-state index contributed by atoms with van der Waals surface area (Å²) < 4.78 is 11.7. The number of para-hydroxylation sites is 1. The van der Waals surface area contributed by atoms with Crippen molar-refractivity contribution in [2.24, 2.45) is 11.8 Å². The molecule has 1 aromatic carbocycles. The van der Waals surface area contributed by atoms with Crippen molar-refractivity contribution in [2.75, 3.05) is 26.4 Å². The molecule has 4 rings (SSSR count). The average Bonchev–Trinajstić information content (AvgIpc) is 3.35. The van der Waals surface area contributed by atoms with Crippen LogP contribution in [0.5, 0.6) is 5.75 Å². The lowest BCUT2D eigenvalue weighted by atomic mass is 9.94. The summed E-state index contributed by atoms with van der Waals surface area (Å²) in [6.45, 7) is 4.49. The number of nitrogens with one attached hydrogen (secondary N) is 2. The molecule has 2 saturated carbocycles. The Morgan fingerprint density at radius 3 is 2.92 bits per heavy atom. The first kappa shape index (κ1) is 16.4. The van der Waals surface area contributed by atoms with Crippen LogP contribution in [-0.2, 0) is 11.3 Å².